The molecule has 0 saturated carbocycles. The van der Waals surface area contributed by atoms with Gasteiger partial charge in [-0.15, -0.1) is 0 Å². The van der Waals surface area contributed by atoms with Crippen molar-refractivity contribution in [2.75, 3.05) is 13.6 Å². The van der Waals surface area contributed by atoms with Crippen LogP contribution in [0.25, 0.3) is 11.2 Å². The van der Waals surface area contributed by atoms with E-state index in [4.69, 9.17) is 0 Å². The topological polar surface area (TPSA) is 42.7 Å². The van der Waals surface area contributed by atoms with E-state index in [1.807, 2.05) is 26.1 Å². The summed E-state index contributed by atoms with van der Waals surface area (Å²) in [7, 11) is 1.95. The number of pyridine rings is 1. The van der Waals surface area contributed by atoms with Crippen LogP contribution >= 0.6 is 0 Å². The Kier molecular flexibility index (Phi) is 2.45. The number of nitrogens with zero attached hydrogens (tertiary/aromatic N) is 3. The molecular weight excluding hydrogens is 176 g/mol. The van der Waals surface area contributed by atoms with Gasteiger partial charge in [-0.2, -0.15) is 0 Å². The van der Waals surface area contributed by atoms with Gasteiger partial charge in [-0.3, -0.25) is 0 Å². The molecule has 0 saturated heterocycles. The molecule has 0 bridgehead atoms. The summed E-state index contributed by atoms with van der Waals surface area (Å²) in [4.78, 5) is 8.77. The number of fused-ring (bicyclic) bond motifs is 1. The van der Waals surface area contributed by atoms with E-state index in [9.17, 15) is 0 Å². The zero-order valence-corrected chi connectivity index (χ0v) is 8.49. The minimum Gasteiger partial charge on any atom is -0.318 e. The third-order valence-electron chi connectivity index (χ3n) is 2.28. The Labute approximate surface area is 83.0 Å². The summed E-state index contributed by atoms with van der Waals surface area (Å²) in [5.41, 5.74) is 1.95. The molecule has 1 N–H and O–H groups in total. The van der Waals surface area contributed by atoms with Crippen molar-refractivity contribution in [1.29, 1.82) is 0 Å². The predicted molar refractivity (Wildman–Crippen MR) is 56.2 cm³/mol. The first-order valence-corrected chi connectivity index (χ1v) is 4.75. The number of hydrogen-bond donors (Lipinski definition) is 1. The van der Waals surface area contributed by atoms with E-state index in [0.717, 1.165) is 30.1 Å². The van der Waals surface area contributed by atoms with Crippen molar-refractivity contribution in [3.8, 4) is 0 Å². The summed E-state index contributed by atoms with van der Waals surface area (Å²) >= 11 is 0. The van der Waals surface area contributed by atoms with Crippen molar-refractivity contribution in [2.45, 2.75) is 13.5 Å². The van der Waals surface area contributed by atoms with Crippen molar-refractivity contribution in [1.82, 2.24) is 19.9 Å². The standard InChI is InChI=1S/C10H14N4/c1-8-13-9-4-3-5-12-10(9)14(8)7-6-11-2/h3-5,11H,6-7H2,1-2H3. The lowest BCUT2D eigenvalue weighted by atomic mass is 10.4. The zero-order chi connectivity index (χ0) is 9.97. The second kappa shape index (κ2) is 3.75. The number of aromatic nitrogens is 3. The monoisotopic (exact) mass is 190 g/mol. The highest BCUT2D eigenvalue weighted by atomic mass is 15.1. The lowest BCUT2D eigenvalue weighted by Crippen LogP contribution is -2.15. The molecule has 2 rings (SSSR count). The maximum Gasteiger partial charge on any atom is 0.160 e. The minimum atomic E-state index is 0.913. The van der Waals surface area contributed by atoms with Crippen LogP contribution in [0, 0.1) is 6.92 Å². The predicted octanol–water partition coefficient (Wildman–Crippen LogP) is 0.959. The molecule has 14 heavy (non-hydrogen) atoms. The largest absolute Gasteiger partial charge is 0.318 e. The Bertz CT molecular complexity index is 433. The van der Waals surface area contributed by atoms with Gasteiger partial charge in [-0.1, -0.05) is 0 Å². The number of imidazole rings is 1. The molecule has 4 nitrogen and oxygen atoms in total. The molecule has 2 heterocycles. The molecule has 74 valence electrons. The van der Waals surface area contributed by atoms with Gasteiger partial charge in [0.15, 0.2) is 5.65 Å². The Hall–Kier alpha value is -1.42. The maximum atomic E-state index is 4.44. The van der Waals surface area contributed by atoms with Gasteiger partial charge in [-0.05, 0) is 26.1 Å². The molecule has 0 aliphatic carbocycles. The van der Waals surface area contributed by atoms with Crippen molar-refractivity contribution in [2.24, 2.45) is 0 Å². The van der Waals surface area contributed by atoms with E-state index in [1.54, 1.807) is 6.20 Å². The first kappa shape index (κ1) is 9.15. The fourth-order valence-corrected chi connectivity index (χ4v) is 1.56. The SMILES string of the molecule is CNCCn1c(C)nc2cccnc21. The van der Waals surface area contributed by atoms with E-state index in [0.29, 0.717) is 0 Å². The maximum absolute atomic E-state index is 4.44. The van der Waals surface area contributed by atoms with Crippen LogP contribution < -0.4 is 5.32 Å². The number of aryl methyl sites for hydroxylation is 1. The van der Waals surface area contributed by atoms with Crippen molar-refractivity contribution in [3.05, 3.63) is 24.2 Å². The lowest BCUT2D eigenvalue weighted by molar-refractivity contribution is 0.639. The van der Waals surface area contributed by atoms with Crippen molar-refractivity contribution in [3.63, 3.8) is 0 Å². The van der Waals surface area contributed by atoms with E-state index >= 15 is 0 Å². The van der Waals surface area contributed by atoms with Crippen LogP contribution in [0.5, 0.6) is 0 Å². The van der Waals surface area contributed by atoms with Crippen LogP contribution in [-0.4, -0.2) is 28.1 Å². The molecule has 2 aromatic rings. The molecule has 0 atom stereocenters. The first-order valence-electron chi connectivity index (χ1n) is 4.75. The van der Waals surface area contributed by atoms with Crippen molar-refractivity contribution >= 4 is 11.2 Å². The summed E-state index contributed by atoms with van der Waals surface area (Å²) in [6, 6.07) is 3.91. The Balaban J connectivity index is 2.45. The average molecular weight is 190 g/mol. The number of rotatable bonds is 3. The number of nitrogens with one attached hydrogen (secondary N) is 1. The molecule has 0 aliphatic heterocycles. The fourth-order valence-electron chi connectivity index (χ4n) is 1.56. The first-order chi connectivity index (χ1) is 6.83. The van der Waals surface area contributed by atoms with Gasteiger partial charge in [0.25, 0.3) is 0 Å². The Morgan fingerprint density at radius 1 is 1.50 bits per heavy atom. The molecule has 0 radical (unpaired) electrons. The van der Waals surface area contributed by atoms with Gasteiger partial charge in [0.1, 0.15) is 11.3 Å². The molecule has 0 unspecified atom stereocenters. The summed E-state index contributed by atoms with van der Waals surface area (Å²) in [6.45, 7) is 3.86. The molecule has 0 amide bonds. The van der Waals surface area contributed by atoms with Crippen LogP contribution in [0.3, 0.4) is 0 Å². The summed E-state index contributed by atoms with van der Waals surface area (Å²) in [6.07, 6.45) is 1.80. The normalized spacial score (nSPS) is 11.0. The van der Waals surface area contributed by atoms with Gasteiger partial charge in [0.2, 0.25) is 0 Å². The summed E-state index contributed by atoms with van der Waals surface area (Å²) in [5.74, 6) is 1.02. The van der Waals surface area contributed by atoms with Crippen molar-refractivity contribution < 1.29 is 0 Å². The van der Waals surface area contributed by atoms with Gasteiger partial charge in [-0.25, -0.2) is 9.97 Å². The van der Waals surface area contributed by atoms with Crippen LogP contribution in [0.2, 0.25) is 0 Å². The second-order valence-electron chi connectivity index (χ2n) is 3.26. The van der Waals surface area contributed by atoms with Crippen LogP contribution in [0.1, 0.15) is 5.82 Å². The molecule has 0 aromatic carbocycles. The Morgan fingerprint density at radius 3 is 3.14 bits per heavy atom. The minimum absolute atomic E-state index is 0.913. The van der Waals surface area contributed by atoms with Crippen LogP contribution in [0.4, 0.5) is 0 Å². The zero-order valence-electron chi connectivity index (χ0n) is 8.49. The van der Waals surface area contributed by atoms with E-state index < -0.39 is 0 Å². The molecule has 2 aromatic heterocycles. The quantitative estimate of drug-likeness (QED) is 0.784. The molecule has 4 heteroatoms. The van der Waals surface area contributed by atoms with Crippen LogP contribution in [0.15, 0.2) is 18.3 Å². The van der Waals surface area contributed by atoms with Gasteiger partial charge in [0, 0.05) is 19.3 Å². The molecular formula is C10H14N4. The number of likely N-dealkylation sites (N-methyl/N-ethyl adjacent to an activating group) is 1. The molecule has 0 aliphatic rings. The summed E-state index contributed by atoms with van der Waals surface area (Å²) < 4.78 is 2.13. The van der Waals surface area contributed by atoms with E-state index in [2.05, 4.69) is 19.9 Å². The molecule has 0 spiro atoms. The lowest BCUT2D eigenvalue weighted by Gasteiger charge is -2.04. The van der Waals surface area contributed by atoms with Gasteiger partial charge < -0.3 is 9.88 Å². The number of hydrogen-bond acceptors (Lipinski definition) is 3. The van der Waals surface area contributed by atoms with Crippen LogP contribution in [-0.2, 0) is 6.54 Å². The summed E-state index contributed by atoms with van der Waals surface area (Å²) in [5, 5.41) is 3.12. The van der Waals surface area contributed by atoms with E-state index in [1.165, 1.54) is 0 Å². The highest BCUT2D eigenvalue weighted by molar-refractivity contribution is 5.70. The third-order valence-corrected chi connectivity index (χ3v) is 2.28. The van der Waals surface area contributed by atoms with E-state index in [-0.39, 0.29) is 0 Å². The smallest absolute Gasteiger partial charge is 0.160 e. The molecule has 0 fully saturated rings. The van der Waals surface area contributed by atoms with Gasteiger partial charge in [0.05, 0.1) is 0 Å². The second-order valence-corrected chi connectivity index (χ2v) is 3.26. The third kappa shape index (κ3) is 1.48. The van der Waals surface area contributed by atoms with Gasteiger partial charge >= 0.3 is 0 Å². The fraction of sp³-hybridized carbons (Fsp3) is 0.400. The Morgan fingerprint density at radius 2 is 2.36 bits per heavy atom. The highest BCUT2D eigenvalue weighted by Crippen LogP contribution is 2.11. The highest BCUT2D eigenvalue weighted by Gasteiger charge is 2.06. The average Bonchev–Trinajstić information content (AvgIpc) is 2.51.